The second-order valence-electron chi connectivity index (χ2n) is 9.36. The van der Waals surface area contributed by atoms with Crippen LogP contribution in [0.2, 0.25) is 0 Å². The summed E-state index contributed by atoms with van der Waals surface area (Å²) in [5.74, 6) is 0.0459. The molecule has 1 aliphatic heterocycles. The van der Waals surface area contributed by atoms with Gasteiger partial charge in [0, 0.05) is 35.9 Å². The number of anilines is 1. The highest BCUT2D eigenvalue weighted by molar-refractivity contribution is 5.97. The molecule has 4 aromatic rings. The molecule has 0 bridgehead atoms. The Hall–Kier alpha value is -3.65. The molecule has 3 aromatic carbocycles. The van der Waals surface area contributed by atoms with Crippen molar-refractivity contribution < 1.29 is 18.7 Å². The molecule has 0 spiro atoms. The fourth-order valence-electron chi connectivity index (χ4n) is 4.52. The Kier molecular flexibility index (Phi) is 6.19. The van der Waals surface area contributed by atoms with E-state index in [2.05, 4.69) is 27.8 Å². The standard InChI is InChI=1S/C29H26FN3O3/c30-23-3-1-2-19(12-23)15-32-28-29(36-28)35-17-18-4-6-20(7-5-18)25-14-26(25)27(34)33-24-9-8-22-16-31-11-10-21(22)13-24/h1-13,16,25-26,28-29,32H,14-15,17H2,(H,33,34)/t25-,26+,28?,29?/m0/s1. The summed E-state index contributed by atoms with van der Waals surface area (Å²) in [4.78, 5) is 16.9. The number of epoxide rings is 1. The summed E-state index contributed by atoms with van der Waals surface area (Å²) in [6.45, 7) is 0.959. The summed E-state index contributed by atoms with van der Waals surface area (Å²) < 4.78 is 24.6. The molecular weight excluding hydrogens is 457 g/mol. The van der Waals surface area contributed by atoms with Crippen LogP contribution in [0.15, 0.2) is 85.2 Å². The zero-order valence-electron chi connectivity index (χ0n) is 19.6. The molecule has 4 atom stereocenters. The van der Waals surface area contributed by atoms with Crippen molar-refractivity contribution in [2.45, 2.75) is 38.0 Å². The number of rotatable bonds is 9. The summed E-state index contributed by atoms with van der Waals surface area (Å²) in [5.41, 5.74) is 3.89. The van der Waals surface area contributed by atoms with Crippen LogP contribution in [0.1, 0.15) is 29.0 Å². The average Bonchev–Trinajstić information content (AvgIpc) is 3.82. The number of carbonyl (C=O) groups excluding carboxylic acids is 1. The number of nitrogens with one attached hydrogen (secondary N) is 2. The van der Waals surface area contributed by atoms with Gasteiger partial charge in [0.05, 0.1) is 6.61 Å². The van der Waals surface area contributed by atoms with E-state index >= 15 is 0 Å². The molecule has 1 amide bonds. The highest BCUT2D eigenvalue weighted by atomic mass is 19.1. The first-order chi connectivity index (χ1) is 17.6. The second-order valence-corrected chi connectivity index (χ2v) is 9.36. The van der Waals surface area contributed by atoms with Gasteiger partial charge in [-0.05, 0) is 64.7 Å². The number of fused-ring (bicyclic) bond motifs is 1. The molecule has 182 valence electrons. The quantitative estimate of drug-likeness (QED) is 0.324. The molecule has 2 aliphatic rings. The molecule has 7 heteroatoms. The summed E-state index contributed by atoms with van der Waals surface area (Å²) in [7, 11) is 0. The van der Waals surface area contributed by atoms with Crippen molar-refractivity contribution in [3.63, 3.8) is 0 Å². The van der Waals surface area contributed by atoms with E-state index in [1.807, 2.05) is 48.7 Å². The number of carbonyl (C=O) groups is 1. The van der Waals surface area contributed by atoms with Crippen LogP contribution in [0.5, 0.6) is 0 Å². The Morgan fingerprint density at radius 1 is 1.03 bits per heavy atom. The largest absolute Gasteiger partial charge is 0.344 e. The van der Waals surface area contributed by atoms with Gasteiger partial charge in [-0.1, -0.05) is 42.5 Å². The van der Waals surface area contributed by atoms with Crippen LogP contribution in [0.3, 0.4) is 0 Å². The van der Waals surface area contributed by atoms with Gasteiger partial charge in [-0.25, -0.2) is 4.39 Å². The van der Waals surface area contributed by atoms with E-state index in [0.29, 0.717) is 13.2 Å². The number of nitrogens with zero attached hydrogens (tertiary/aromatic N) is 1. The molecule has 6 rings (SSSR count). The molecule has 0 radical (unpaired) electrons. The lowest BCUT2D eigenvalue weighted by atomic mass is 10.1. The first-order valence-corrected chi connectivity index (χ1v) is 12.1. The molecule has 2 unspecified atom stereocenters. The molecule has 2 fully saturated rings. The molecule has 2 N–H and O–H groups in total. The van der Waals surface area contributed by atoms with Crippen LogP contribution >= 0.6 is 0 Å². The van der Waals surface area contributed by atoms with Crippen molar-refractivity contribution in [3.8, 4) is 0 Å². The second kappa shape index (κ2) is 9.78. The monoisotopic (exact) mass is 483 g/mol. The Morgan fingerprint density at radius 3 is 2.78 bits per heavy atom. The molecule has 1 aliphatic carbocycles. The number of pyridine rings is 1. The Balaban J connectivity index is 0.952. The van der Waals surface area contributed by atoms with Crippen molar-refractivity contribution >= 4 is 22.4 Å². The minimum atomic E-state index is -0.305. The minimum Gasteiger partial charge on any atom is -0.344 e. The molecule has 36 heavy (non-hydrogen) atoms. The SMILES string of the molecule is O=C(Nc1ccc2cnccc2c1)[C@@H]1C[C@H]1c1ccc(COC2OC2NCc2cccc(F)c2)cc1. The van der Waals surface area contributed by atoms with E-state index in [1.54, 1.807) is 12.3 Å². The van der Waals surface area contributed by atoms with Gasteiger partial charge < -0.3 is 14.8 Å². The van der Waals surface area contributed by atoms with E-state index in [9.17, 15) is 9.18 Å². The van der Waals surface area contributed by atoms with E-state index < -0.39 is 0 Å². The summed E-state index contributed by atoms with van der Waals surface area (Å²) in [6.07, 6.45) is 3.93. The minimum absolute atomic E-state index is 0.00924. The summed E-state index contributed by atoms with van der Waals surface area (Å²) in [5, 5.41) is 8.37. The third kappa shape index (κ3) is 5.28. The maximum Gasteiger partial charge on any atom is 0.228 e. The third-order valence-electron chi connectivity index (χ3n) is 6.71. The lowest BCUT2D eigenvalue weighted by Gasteiger charge is -2.07. The van der Waals surface area contributed by atoms with Gasteiger partial charge in [-0.2, -0.15) is 0 Å². The average molecular weight is 484 g/mol. The number of amides is 1. The first kappa shape index (κ1) is 22.8. The van der Waals surface area contributed by atoms with Crippen molar-refractivity contribution in [2.75, 3.05) is 5.32 Å². The molecule has 1 aromatic heterocycles. The molecule has 1 saturated carbocycles. The van der Waals surface area contributed by atoms with Gasteiger partial charge in [0.1, 0.15) is 5.82 Å². The highest BCUT2D eigenvalue weighted by Crippen LogP contribution is 2.48. The lowest BCUT2D eigenvalue weighted by molar-refractivity contribution is -0.117. The molecular formula is C29H26FN3O3. The number of benzene rings is 3. The van der Waals surface area contributed by atoms with Crippen LogP contribution in [-0.2, 0) is 27.4 Å². The lowest BCUT2D eigenvalue weighted by Crippen LogP contribution is -2.20. The van der Waals surface area contributed by atoms with Gasteiger partial charge in [0.2, 0.25) is 5.91 Å². The van der Waals surface area contributed by atoms with Crippen LogP contribution in [-0.4, -0.2) is 23.4 Å². The molecule has 1 saturated heterocycles. The highest BCUT2D eigenvalue weighted by Gasteiger charge is 2.44. The molecule has 6 nitrogen and oxygen atoms in total. The Bertz CT molecular complexity index is 1390. The molecule has 2 heterocycles. The number of halogens is 1. The van der Waals surface area contributed by atoms with E-state index in [-0.39, 0.29) is 36.1 Å². The van der Waals surface area contributed by atoms with E-state index in [4.69, 9.17) is 9.47 Å². The smallest absolute Gasteiger partial charge is 0.228 e. The normalized spacial score (nSPS) is 22.4. The fourth-order valence-corrected chi connectivity index (χ4v) is 4.52. The maximum atomic E-state index is 13.3. The van der Waals surface area contributed by atoms with Crippen molar-refractivity contribution in [2.24, 2.45) is 5.92 Å². The Labute approximate surface area is 208 Å². The topological polar surface area (TPSA) is 75.8 Å². The van der Waals surface area contributed by atoms with Gasteiger partial charge >= 0.3 is 0 Å². The zero-order valence-corrected chi connectivity index (χ0v) is 19.6. The number of ether oxygens (including phenoxy) is 2. The van der Waals surface area contributed by atoms with Gasteiger partial charge in [0.25, 0.3) is 0 Å². The van der Waals surface area contributed by atoms with Crippen LogP contribution in [0, 0.1) is 11.7 Å². The van der Waals surface area contributed by atoms with Crippen LogP contribution < -0.4 is 10.6 Å². The van der Waals surface area contributed by atoms with Gasteiger partial charge in [0.15, 0.2) is 12.5 Å². The zero-order chi connectivity index (χ0) is 24.5. The summed E-state index contributed by atoms with van der Waals surface area (Å²) >= 11 is 0. The van der Waals surface area contributed by atoms with Crippen molar-refractivity contribution in [1.82, 2.24) is 10.3 Å². The van der Waals surface area contributed by atoms with E-state index in [1.165, 1.54) is 17.7 Å². The van der Waals surface area contributed by atoms with Gasteiger partial charge in [-0.15, -0.1) is 0 Å². The number of hydrogen-bond donors (Lipinski definition) is 2. The van der Waals surface area contributed by atoms with Crippen LogP contribution in [0.4, 0.5) is 10.1 Å². The maximum absolute atomic E-state index is 13.3. The first-order valence-electron chi connectivity index (χ1n) is 12.1. The van der Waals surface area contributed by atoms with Crippen LogP contribution in [0.25, 0.3) is 10.8 Å². The number of hydrogen-bond acceptors (Lipinski definition) is 5. The van der Waals surface area contributed by atoms with Crippen molar-refractivity contribution in [1.29, 1.82) is 0 Å². The van der Waals surface area contributed by atoms with Crippen molar-refractivity contribution in [3.05, 3.63) is 108 Å². The summed E-state index contributed by atoms with van der Waals surface area (Å²) in [6, 6.07) is 22.5. The number of aromatic nitrogens is 1. The predicted octanol–water partition coefficient (Wildman–Crippen LogP) is 5.10. The third-order valence-corrected chi connectivity index (χ3v) is 6.71. The Morgan fingerprint density at radius 2 is 1.92 bits per heavy atom. The fraction of sp³-hybridized carbons (Fsp3) is 0.241. The predicted molar refractivity (Wildman–Crippen MR) is 134 cm³/mol. The van der Waals surface area contributed by atoms with Gasteiger partial charge in [-0.3, -0.25) is 15.1 Å². The van der Waals surface area contributed by atoms with E-state index in [0.717, 1.165) is 34.0 Å².